The average Bonchev–Trinajstić information content (AvgIpc) is 2.77. The van der Waals surface area contributed by atoms with E-state index in [9.17, 15) is 0 Å². The van der Waals surface area contributed by atoms with Crippen molar-refractivity contribution < 1.29 is 9.68 Å². The van der Waals surface area contributed by atoms with E-state index in [0.717, 1.165) is 28.2 Å². The number of para-hydroxylation sites is 2. The Morgan fingerprint density at radius 1 is 0.536 bits per heavy atom. The van der Waals surface area contributed by atoms with E-state index in [1.807, 2.05) is 36.4 Å². The van der Waals surface area contributed by atoms with Gasteiger partial charge in [-0.25, -0.2) is 0 Å². The molecule has 0 amide bonds. The van der Waals surface area contributed by atoms with Gasteiger partial charge in [-0.05, 0) is 59.7 Å². The van der Waals surface area contributed by atoms with Crippen molar-refractivity contribution >= 4 is 24.7 Å². The molecule has 0 aromatic heterocycles. The van der Waals surface area contributed by atoms with Gasteiger partial charge >= 0.3 is 7.69 Å². The van der Waals surface area contributed by atoms with Gasteiger partial charge in [0.1, 0.15) is 5.75 Å². The van der Waals surface area contributed by atoms with Crippen LogP contribution in [0.25, 0.3) is 11.1 Å². The summed E-state index contributed by atoms with van der Waals surface area (Å²) < 4.78 is 5.09. The first-order chi connectivity index (χ1) is 13.8. The highest BCUT2D eigenvalue weighted by molar-refractivity contribution is 6.17. The highest BCUT2D eigenvalue weighted by Gasteiger charge is 2.11. The van der Waals surface area contributed by atoms with Crippen LogP contribution in [-0.2, 0) is 0 Å². The van der Waals surface area contributed by atoms with E-state index in [1.165, 1.54) is 0 Å². The highest BCUT2D eigenvalue weighted by atomic mass is 16.5. The molecule has 0 unspecified atom stereocenters. The van der Waals surface area contributed by atoms with E-state index < -0.39 is 0 Å². The third-order valence-corrected chi connectivity index (χ3v) is 4.57. The summed E-state index contributed by atoms with van der Waals surface area (Å²) in [6.07, 6.45) is 0. The number of anilines is 3. The summed E-state index contributed by atoms with van der Waals surface area (Å²) in [5.41, 5.74) is 5.56. The maximum absolute atomic E-state index is 8.85. The molecule has 4 rings (SSSR count). The van der Waals surface area contributed by atoms with Crippen LogP contribution in [0.4, 0.5) is 17.1 Å². The van der Waals surface area contributed by atoms with Gasteiger partial charge in [-0.3, -0.25) is 0 Å². The van der Waals surface area contributed by atoms with Crippen LogP contribution in [0, 0.1) is 0 Å². The number of hydrogen-bond acceptors (Lipinski definition) is 3. The topological polar surface area (TPSA) is 32.7 Å². The van der Waals surface area contributed by atoms with Crippen molar-refractivity contribution in [2.45, 2.75) is 0 Å². The van der Waals surface area contributed by atoms with E-state index in [4.69, 9.17) is 9.68 Å². The Morgan fingerprint density at radius 3 is 1.43 bits per heavy atom. The summed E-state index contributed by atoms with van der Waals surface area (Å²) >= 11 is 0. The first-order valence-corrected chi connectivity index (χ1v) is 9.19. The van der Waals surface area contributed by atoms with Crippen LogP contribution in [0.5, 0.6) is 5.75 Å². The Labute approximate surface area is 165 Å². The molecule has 0 heterocycles. The maximum Gasteiger partial charge on any atom is 0.504 e. The summed E-state index contributed by atoms with van der Waals surface area (Å²) in [5.74, 6) is 0.655. The fourth-order valence-corrected chi connectivity index (χ4v) is 3.22. The van der Waals surface area contributed by atoms with E-state index in [0.29, 0.717) is 5.75 Å². The minimum absolute atomic E-state index is 0.317. The molecule has 136 valence electrons. The smallest absolute Gasteiger partial charge is 0.504 e. The molecular weight excluding hydrogens is 345 g/mol. The molecule has 0 radical (unpaired) electrons. The van der Waals surface area contributed by atoms with Crippen molar-refractivity contribution in [1.29, 1.82) is 0 Å². The second-order valence-electron chi connectivity index (χ2n) is 6.35. The van der Waals surface area contributed by atoms with Gasteiger partial charge in [0, 0.05) is 17.1 Å². The van der Waals surface area contributed by atoms with E-state index >= 15 is 0 Å². The highest BCUT2D eigenvalue weighted by Crippen LogP contribution is 2.35. The molecule has 28 heavy (non-hydrogen) atoms. The van der Waals surface area contributed by atoms with E-state index in [-0.39, 0.29) is 7.69 Å². The second kappa shape index (κ2) is 8.46. The Morgan fingerprint density at radius 2 is 0.964 bits per heavy atom. The molecule has 4 heteroatoms. The molecule has 0 spiro atoms. The number of hydrogen-bond donors (Lipinski definition) is 1. The summed E-state index contributed by atoms with van der Waals surface area (Å²) in [7, 11) is -0.317. The van der Waals surface area contributed by atoms with Crippen LogP contribution in [0.2, 0.25) is 0 Å². The van der Waals surface area contributed by atoms with Crippen molar-refractivity contribution in [2.24, 2.45) is 0 Å². The number of benzene rings is 4. The molecule has 4 aromatic rings. The van der Waals surface area contributed by atoms with Crippen LogP contribution in [0.3, 0.4) is 0 Å². The zero-order valence-corrected chi connectivity index (χ0v) is 15.4. The largest absolute Gasteiger partial charge is 0.539 e. The Bertz CT molecular complexity index is 964. The van der Waals surface area contributed by atoms with Gasteiger partial charge in [0.2, 0.25) is 0 Å². The van der Waals surface area contributed by atoms with Crippen LogP contribution in [0.1, 0.15) is 0 Å². The van der Waals surface area contributed by atoms with Gasteiger partial charge < -0.3 is 14.6 Å². The van der Waals surface area contributed by atoms with Crippen LogP contribution >= 0.6 is 0 Å². The van der Waals surface area contributed by atoms with Gasteiger partial charge in [-0.15, -0.1) is 0 Å². The van der Waals surface area contributed by atoms with Crippen molar-refractivity contribution in [3.05, 3.63) is 109 Å². The first-order valence-electron chi connectivity index (χ1n) is 9.19. The zero-order valence-electron chi connectivity index (χ0n) is 15.4. The summed E-state index contributed by atoms with van der Waals surface area (Å²) in [6.45, 7) is 0. The lowest BCUT2D eigenvalue weighted by Gasteiger charge is -2.25. The van der Waals surface area contributed by atoms with Crippen molar-refractivity contribution in [3.63, 3.8) is 0 Å². The molecule has 0 aliphatic heterocycles. The fourth-order valence-electron chi connectivity index (χ4n) is 3.22. The van der Waals surface area contributed by atoms with Gasteiger partial charge in [0.15, 0.2) is 0 Å². The number of rotatable bonds is 6. The molecule has 1 N–H and O–H groups in total. The molecule has 0 saturated heterocycles. The lowest BCUT2D eigenvalue weighted by Crippen LogP contribution is -2.09. The van der Waals surface area contributed by atoms with Crippen molar-refractivity contribution in [3.8, 4) is 16.9 Å². The summed E-state index contributed by atoms with van der Waals surface area (Å²) in [4.78, 5) is 2.24. The molecule has 3 nitrogen and oxygen atoms in total. The Hall–Kier alpha value is -3.50. The van der Waals surface area contributed by atoms with Gasteiger partial charge in [0.05, 0.1) is 0 Å². The number of nitrogens with zero attached hydrogens (tertiary/aromatic N) is 1. The van der Waals surface area contributed by atoms with Crippen LogP contribution < -0.4 is 9.55 Å². The minimum atomic E-state index is -0.317. The molecule has 0 bridgehead atoms. The van der Waals surface area contributed by atoms with Gasteiger partial charge in [-0.2, -0.15) is 0 Å². The fraction of sp³-hybridized carbons (Fsp3) is 0. The zero-order chi connectivity index (χ0) is 19.2. The standard InChI is InChI=1S/C24H20BNO2/c27-25-28-24-17-13-20(14-18-24)19-11-15-23(16-12-19)26(21-7-3-1-4-8-21)22-9-5-2-6-10-22/h1-18,25,27H. The van der Waals surface area contributed by atoms with Crippen molar-refractivity contribution in [2.75, 3.05) is 4.90 Å². The lowest BCUT2D eigenvalue weighted by molar-refractivity contribution is 0.454. The maximum atomic E-state index is 8.85. The molecule has 0 aliphatic carbocycles. The predicted molar refractivity (Wildman–Crippen MR) is 117 cm³/mol. The average molecular weight is 365 g/mol. The molecule has 0 atom stereocenters. The second-order valence-corrected chi connectivity index (χ2v) is 6.35. The lowest BCUT2D eigenvalue weighted by atomic mass is 10.0. The first kappa shape index (κ1) is 17.9. The molecular formula is C24H20BNO2. The Kier molecular flexibility index (Phi) is 5.41. The minimum Gasteiger partial charge on any atom is -0.539 e. The predicted octanol–water partition coefficient (Wildman–Crippen LogP) is 5.46. The van der Waals surface area contributed by atoms with Crippen LogP contribution in [0.15, 0.2) is 109 Å². The van der Waals surface area contributed by atoms with E-state index in [1.54, 1.807) is 0 Å². The van der Waals surface area contributed by atoms with Gasteiger partial charge in [0.25, 0.3) is 0 Å². The monoisotopic (exact) mass is 365 g/mol. The third kappa shape index (κ3) is 3.92. The van der Waals surface area contributed by atoms with Gasteiger partial charge in [-0.1, -0.05) is 60.7 Å². The SMILES string of the molecule is OBOc1ccc(-c2ccc(N(c3ccccc3)c3ccccc3)cc2)cc1. The molecule has 0 aliphatic rings. The Balaban J connectivity index is 1.67. The summed E-state index contributed by atoms with van der Waals surface area (Å²) in [6, 6.07) is 36.9. The normalized spacial score (nSPS) is 10.3. The quantitative estimate of drug-likeness (QED) is 0.461. The third-order valence-electron chi connectivity index (χ3n) is 4.57. The van der Waals surface area contributed by atoms with Crippen molar-refractivity contribution in [1.82, 2.24) is 0 Å². The molecule has 0 fully saturated rings. The molecule has 4 aromatic carbocycles. The summed E-state index contributed by atoms with van der Waals surface area (Å²) in [5, 5.41) is 8.85. The van der Waals surface area contributed by atoms with E-state index in [2.05, 4.69) is 77.7 Å². The molecule has 0 saturated carbocycles. The van der Waals surface area contributed by atoms with Crippen LogP contribution in [-0.4, -0.2) is 12.7 Å².